The first kappa shape index (κ1) is 69.8. The van der Waals surface area contributed by atoms with Crippen LogP contribution < -0.4 is 61.7 Å². The summed E-state index contributed by atoms with van der Waals surface area (Å²) in [6.45, 7) is 8.08. The number of benzene rings is 1. The molecule has 2 rings (SSSR count). The van der Waals surface area contributed by atoms with Gasteiger partial charge in [-0.3, -0.25) is 38.4 Å². The minimum atomic E-state index is -1.29. The maximum Gasteiger partial charge on any atom is 0.331 e. The van der Waals surface area contributed by atoms with Gasteiger partial charge >= 0.3 is 53.7 Å². The summed E-state index contributed by atoms with van der Waals surface area (Å²) in [6.07, 6.45) is 2.45. The van der Waals surface area contributed by atoms with Gasteiger partial charge in [0.15, 0.2) is 0 Å². The van der Waals surface area contributed by atoms with Crippen molar-refractivity contribution >= 4 is 65.5 Å². The molecule has 0 spiro atoms. The molecule has 1 heterocycles. The summed E-state index contributed by atoms with van der Waals surface area (Å²) in [5, 5.41) is 52.0. The Morgan fingerprint density at radius 2 is 1.14 bits per heavy atom. The highest BCUT2D eigenvalue weighted by atomic mass is 16.6. The van der Waals surface area contributed by atoms with Crippen LogP contribution in [0.4, 0.5) is 0 Å². The molecule has 1 fully saturated rings. The van der Waals surface area contributed by atoms with Gasteiger partial charge in [0.2, 0.25) is 11.8 Å². The number of nitrogens with two attached hydrogens (primary N) is 9. The molecular formula is C41H72N10O19. The van der Waals surface area contributed by atoms with Crippen molar-refractivity contribution in [3.63, 3.8) is 0 Å². The first-order valence-corrected chi connectivity index (χ1v) is 21.2. The molecule has 25 N–H and O–H groups in total. The van der Waals surface area contributed by atoms with Gasteiger partial charge in [-0.2, -0.15) is 0 Å². The topological polar surface area (TPSA) is 574 Å². The second-order valence-corrected chi connectivity index (χ2v) is 15.5. The van der Waals surface area contributed by atoms with Crippen LogP contribution in [0.5, 0.6) is 5.75 Å². The van der Waals surface area contributed by atoms with Crippen LogP contribution in [0.3, 0.4) is 0 Å². The number of carbonyl (C=O) groups excluding carboxylic acids is 5. The van der Waals surface area contributed by atoms with Crippen LogP contribution in [0.2, 0.25) is 0 Å². The number of nitrogens with one attached hydrogen (secondary N) is 1. The number of aliphatic carboxylic acids is 6. The summed E-state index contributed by atoms with van der Waals surface area (Å²) in [5.74, 6) is -9.18. The number of hydrogen-bond acceptors (Lipinski definition) is 21. The standard InChI is InChI=1S/C14H18N2O4.C10H19N3O4.C6H13NO2.C5H10N2O3.C4H7NO4.C2H5NO2/c15-11(13(17)18)8-9-3-5-10(6-4-9)20-14(19)12-2-1-7-16-12;1-5(2)3-6(11)9(15)17-10(16)7(12)4-8(13)14;1-3-4(2)5(7)6(8)9;6-3(5(9)10)1-2-4(7)8;5-2(4(8)9)1-3(6)7;3-1-2(4)5/h3-6,11-12,16H,1-2,7-8,15H2,(H,17,18);5-7H,3-4,11-12H2,1-2H3,(H2,13,14);4-5H,3,7H2,1-2H3,(H,8,9);3H,1-2,6H2,(H2,7,8)(H,9,10);2H,1,5H2,(H,6,7)(H,8,9);1,3H2,(H,4,5)/t11-,12-;6-,7-;4-,5-;3-;2-;/m00000./s1. The fourth-order valence-electron chi connectivity index (χ4n) is 4.46. The minimum absolute atomic E-state index is 0.0213. The lowest BCUT2D eigenvalue weighted by Crippen LogP contribution is -2.41. The number of carboxylic acids is 6. The van der Waals surface area contributed by atoms with Crippen molar-refractivity contribution in [2.75, 3.05) is 13.1 Å². The maximum atomic E-state index is 11.8. The summed E-state index contributed by atoms with van der Waals surface area (Å²) in [7, 11) is 0. The summed E-state index contributed by atoms with van der Waals surface area (Å²) >= 11 is 0. The number of rotatable bonds is 22. The minimum Gasteiger partial charge on any atom is -0.481 e. The molecule has 0 aliphatic carbocycles. The smallest absolute Gasteiger partial charge is 0.331 e. The van der Waals surface area contributed by atoms with Gasteiger partial charge in [0.1, 0.15) is 48.0 Å². The SMILES string of the molecule is CC(C)C[C@H](N)C(=O)OC(=O)[C@@H](N)CC(N)=O.CC[C@H](C)[C@H](N)C(=O)O.NC(=O)CC[C@H](N)C(=O)O.NCC(=O)O.N[C@@H](CC(=O)O)C(=O)O.N[C@@H](Cc1ccc(OC(=O)[C@@H]2CCCN2)cc1)C(=O)O. The van der Waals surface area contributed by atoms with Gasteiger partial charge in [-0.05, 0) is 68.2 Å². The lowest BCUT2D eigenvalue weighted by atomic mass is 10.0. The first-order valence-electron chi connectivity index (χ1n) is 21.2. The van der Waals surface area contributed by atoms with Gasteiger partial charge in [-0.1, -0.05) is 46.2 Å². The molecule has 1 aliphatic heterocycles. The van der Waals surface area contributed by atoms with Crippen LogP contribution >= 0.6 is 0 Å². The van der Waals surface area contributed by atoms with E-state index in [4.69, 9.17) is 81.2 Å². The molecule has 70 heavy (non-hydrogen) atoms. The second-order valence-electron chi connectivity index (χ2n) is 15.5. The van der Waals surface area contributed by atoms with Crippen LogP contribution in [0.15, 0.2) is 24.3 Å². The van der Waals surface area contributed by atoms with Gasteiger partial charge in [-0.25, -0.2) is 14.4 Å². The Morgan fingerprint density at radius 1 is 0.657 bits per heavy atom. The highest BCUT2D eigenvalue weighted by Crippen LogP contribution is 2.16. The number of ether oxygens (including phenoxy) is 2. The molecule has 1 aliphatic rings. The van der Waals surface area contributed by atoms with Crippen LogP contribution in [-0.4, -0.2) is 152 Å². The summed E-state index contributed by atoms with van der Waals surface area (Å²) in [6, 6.07) is 0.503. The van der Waals surface area contributed by atoms with E-state index in [9.17, 15) is 52.7 Å². The maximum absolute atomic E-state index is 11.8. The summed E-state index contributed by atoms with van der Waals surface area (Å²) < 4.78 is 9.70. The van der Waals surface area contributed by atoms with Crippen molar-refractivity contribution < 1.29 is 92.9 Å². The second kappa shape index (κ2) is 39.2. The number of carboxylic acid groups (broad SMARTS) is 6. The fourth-order valence-corrected chi connectivity index (χ4v) is 4.46. The van der Waals surface area contributed by atoms with Crippen molar-refractivity contribution in [1.82, 2.24) is 5.32 Å². The molecule has 0 saturated carbocycles. The zero-order chi connectivity index (χ0) is 55.4. The Bertz CT molecular complexity index is 1810. The third kappa shape index (κ3) is 39.3. The third-order valence-corrected chi connectivity index (χ3v) is 8.66. The van der Waals surface area contributed by atoms with Gasteiger partial charge in [0, 0.05) is 6.42 Å². The third-order valence-electron chi connectivity index (χ3n) is 8.66. The highest BCUT2D eigenvalue weighted by Gasteiger charge is 2.26. The zero-order valence-electron chi connectivity index (χ0n) is 39.5. The van der Waals surface area contributed by atoms with E-state index in [2.05, 4.69) is 15.8 Å². The first-order chi connectivity index (χ1) is 32.2. The van der Waals surface area contributed by atoms with E-state index in [0.717, 1.165) is 31.4 Å². The van der Waals surface area contributed by atoms with E-state index in [1.807, 2.05) is 27.7 Å². The molecular weight excluding hydrogens is 937 g/mol. The van der Waals surface area contributed by atoms with Gasteiger partial charge in [0.05, 0.1) is 19.4 Å². The Morgan fingerprint density at radius 3 is 1.47 bits per heavy atom. The van der Waals surface area contributed by atoms with Crippen LogP contribution in [0.1, 0.15) is 84.6 Å². The predicted octanol–water partition coefficient (Wildman–Crippen LogP) is -4.06. The van der Waals surface area contributed by atoms with Gasteiger partial charge in [0.25, 0.3) is 0 Å². The number of hydrogen-bond donors (Lipinski definition) is 16. The van der Waals surface area contributed by atoms with E-state index in [0.29, 0.717) is 12.2 Å². The van der Waals surface area contributed by atoms with Crippen molar-refractivity contribution in [2.45, 2.75) is 128 Å². The predicted molar refractivity (Wildman–Crippen MR) is 246 cm³/mol. The molecule has 0 bridgehead atoms. The Balaban J connectivity index is -0.000000395. The summed E-state index contributed by atoms with van der Waals surface area (Å²) in [5.41, 5.74) is 46.4. The Hall–Kier alpha value is -6.73. The number of carbonyl (C=O) groups is 11. The van der Waals surface area contributed by atoms with Crippen molar-refractivity contribution in [3.8, 4) is 5.75 Å². The number of esters is 3. The van der Waals surface area contributed by atoms with E-state index in [1.54, 1.807) is 24.3 Å². The average Bonchev–Trinajstić information content (AvgIpc) is 3.81. The monoisotopic (exact) mass is 1010 g/mol. The largest absolute Gasteiger partial charge is 0.481 e. The number of primary amides is 2. The molecule has 2 amide bonds. The van der Waals surface area contributed by atoms with Crippen molar-refractivity contribution in [3.05, 3.63) is 29.8 Å². The molecule has 29 heteroatoms. The lowest BCUT2D eigenvalue weighted by molar-refractivity contribution is -0.162. The van der Waals surface area contributed by atoms with Crippen LogP contribution in [0.25, 0.3) is 0 Å². The molecule has 8 atom stereocenters. The van der Waals surface area contributed by atoms with E-state index in [1.165, 1.54) is 0 Å². The number of amides is 2. The lowest BCUT2D eigenvalue weighted by Gasteiger charge is -2.14. The van der Waals surface area contributed by atoms with Crippen molar-refractivity contribution in [2.24, 2.45) is 63.4 Å². The molecule has 400 valence electrons. The van der Waals surface area contributed by atoms with E-state index >= 15 is 0 Å². The normalized spacial score (nSPS) is 15.1. The molecule has 0 unspecified atom stereocenters. The van der Waals surface area contributed by atoms with Crippen LogP contribution in [0, 0.1) is 11.8 Å². The Labute approximate surface area is 403 Å². The summed E-state index contributed by atoms with van der Waals surface area (Å²) in [4.78, 5) is 115. The van der Waals surface area contributed by atoms with Gasteiger partial charge in [-0.15, -0.1) is 0 Å². The Kier molecular flexibility index (Phi) is 39.1. The molecule has 0 aromatic heterocycles. The highest BCUT2D eigenvalue weighted by molar-refractivity contribution is 5.93. The van der Waals surface area contributed by atoms with Crippen molar-refractivity contribution in [1.29, 1.82) is 0 Å². The molecule has 1 aromatic rings. The quantitative estimate of drug-likeness (QED) is 0.0298. The average molecular weight is 1010 g/mol. The molecule has 1 aromatic carbocycles. The molecule has 1 saturated heterocycles. The molecule has 0 radical (unpaired) electrons. The van der Waals surface area contributed by atoms with E-state index in [-0.39, 0.29) is 56.1 Å². The van der Waals surface area contributed by atoms with Gasteiger partial charge < -0.3 is 97.0 Å². The molecule has 29 nitrogen and oxygen atoms in total. The fraction of sp³-hybridized carbons (Fsp3) is 0.585. The van der Waals surface area contributed by atoms with E-state index < -0.39 is 102 Å². The zero-order valence-corrected chi connectivity index (χ0v) is 39.5. The van der Waals surface area contributed by atoms with Crippen LogP contribution in [-0.2, 0) is 63.9 Å².